The minimum absolute atomic E-state index is 0.00325. The van der Waals surface area contributed by atoms with E-state index in [2.05, 4.69) is 42.5 Å². The molecule has 0 saturated heterocycles. The molecule has 0 saturated carbocycles. The third-order valence-electron chi connectivity index (χ3n) is 6.48. The molecule has 1 aromatic carbocycles. The molecule has 1 atom stereocenters. The lowest BCUT2D eigenvalue weighted by molar-refractivity contribution is 0.0941. The highest BCUT2D eigenvalue weighted by Crippen LogP contribution is 2.36. The van der Waals surface area contributed by atoms with E-state index in [9.17, 15) is 4.79 Å². The molecule has 9 heteroatoms. The average Bonchev–Trinajstić information content (AvgIpc) is 3.46. The highest BCUT2D eigenvalue weighted by molar-refractivity contribution is 5.93. The summed E-state index contributed by atoms with van der Waals surface area (Å²) < 4.78 is 7.52. The Hall–Kier alpha value is -3.88. The molecule has 186 valence electrons. The van der Waals surface area contributed by atoms with E-state index in [1.807, 2.05) is 40.1 Å². The molecular weight excluding hydrogens is 454 g/mol. The van der Waals surface area contributed by atoms with Gasteiger partial charge in [-0.2, -0.15) is 10.1 Å². The number of fused-ring (bicyclic) bond motifs is 1. The second-order valence-corrected chi connectivity index (χ2v) is 10.4. The van der Waals surface area contributed by atoms with Crippen molar-refractivity contribution < 1.29 is 9.21 Å². The van der Waals surface area contributed by atoms with Crippen LogP contribution < -0.4 is 5.32 Å². The van der Waals surface area contributed by atoms with E-state index < -0.39 is 0 Å². The first-order chi connectivity index (χ1) is 17.3. The van der Waals surface area contributed by atoms with Crippen LogP contribution in [-0.4, -0.2) is 35.5 Å². The van der Waals surface area contributed by atoms with Gasteiger partial charge in [-0.25, -0.2) is 15.0 Å². The summed E-state index contributed by atoms with van der Waals surface area (Å²) >= 11 is 0. The van der Waals surface area contributed by atoms with Gasteiger partial charge in [0, 0.05) is 30.6 Å². The van der Waals surface area contributed by atoms with Gasteiger partial charge in [-0.15, -0.1) is 0 Å². The summed E-state index contributed by atoms with van der Waals surface area (Å²) in [5.74, 6) is 2.16. The Morgan fingerprint density at radius 3 is 2.78 bits per heavy atom. The van der Waals surface area contributed by atoms with Crippen LogP contribution in [0.15, 0.2) is 47.5 Å². The normalized spacial score (nSPS) is 15.8. The van der Waals surface area contributed by atoms with Gasteiger partial charge in [0.05, 0.1) is 18.1 Å². The van der Waals surface area contributed by atoms with Crippen molar-refractivity contribution in [2.45, 2.75) is 64.2 Å². The molecule has 0 amide bonds. The molecule has 0 unspecified atom stereocenters. The molecular formula is C27H31N7O2. The SMILES string of the molecule is Cn1cc(Nc2ncnc(-c3ccc4c(c3)CCCC[C@H]4CC(=O)c3cnc(C(C)(C)C)o3)n2)cn1. The highest BCUT2D eigenvalue weighted by atomic mass is 16.4. The molecule has 1 N–H and O–H groups in total. The van der Waals surface area contributed by atoms with Crippen molar-refractivity contribution in [1.29, 1.82) is 0 Å². The molecule has 0 fully saturated rings. The predicted octanol–water partition coefficient (Wildman–Crippen LogP) is 5.38. The Balaban J connectivity index is 1.36. The zero-order chi connectivity index (χ0) is 25.3. The molecule has 9 nitrogen and oxygen atoms in total. The number of hydrogen-bond acceptors (Lipinski definition) is 8. The summed E-state index contributed by atoms with van der Waals surface area (Å²) in [6.45, 7) is 6.07. The van der Waals surface area contributed by atoms with E-state index in [0.29, 0.717) is 29.8 Å². The Kier molecular flexibility index (Phi) is 6.38. The third kappa shape index (κ3) is 5.19. The van der Waals surface area contributed by atoms with Crippen LogP contribution >= 0.6 is 0 Å². The van der Waals surface area contributed by atoms with Crippen LogP contribution in [0, 0.1) is 0 Å². The lowest BCUT2D eigenvalue weighted by atomic mass is 9.87. The molecule has 1 aliphatic rings. The lowest BCUT2D eigenvalue weighted by Gasteiger charge is -2.17. The first kappa shape index (κ1) is 23.8. The number of nitrogens with zero attached hydrogens (tertiary/aromatic N) is 6. The molecule has 1 aliphatic carbocycles. The Labute approximate surface area is 210 Å². The maximum atomic E-state index is 13.1. The summed E-state index contributed by atoms with van der Waals surface area (Å²) in [7, 11) is 1.86. The Bertz CT molecular complexity index is 1380. The second kappa shape index (κ2) is 9.64. The van der Waals surface area contributed by atoms with Crippen molar-refractivity contribution in [1.82, 2.24) is 29.7 Å². The van der Waals surface area contributed by atoms with Gasteiger partial charge in [0.1, 0.15) is 6.33 Å². The number of nitrogens with one attached hydrogen (secondary N) is 1. The number of carbonyl (C=O) groups excluding carboxylic acids is 1. The Morgan fingerprint density at radius 1 is 1.17 bits per heavy atom. The van der Waals surface area contributed by atoms with Gasteiger partial charge in [-0.1, -0.05) is 39.3 Å². The molecule has 3 aromatic heterocycles. The van der Waals surface area contributed by atoms with Crippen molar-refractivity contribution in [3.05, 3.63) is 65.9 Å². The van der Waals surface area contributed by atoms with Crippen LogP contribution in [0.3, 0.4) is 0 Å². The highest BCUT2D eigenvalue weighted by Gasteiger charge is 2.26. The summed E-state index contributed by atoms with van der Waals surface area (Å²) in [6.07, 6.45) is 11.2. The minimum Gasteiger partial charge on any atom is -0.437 e. The minimum atomic E-state index is -0.230. The number of benzene rings is 1. The molecule has 0 spiro atoms. The molecule has 0 radical (unpaired) electrons. The fourth-order valence-corrected chi connectivity index (χ4v) is 4.62. The van der Waals surface area contributed by atoms with Crippen molar-refractivity contribution in [3.8, 4) is 11.4 Å². The number of anilines is 2. The fraction of sp³-hybridized carbons (Fsp3) is 0.407. The summed E-state index contributed by atoms with van der Waals surface area (Å²) in [6, 6.07) is 6.33. The van der Waals surface area contributed by atoms with Crippen molar-refractivity contribution in [2.75, 3.05) is 5.32 Å². The van der Waals surface area contributed by atoms with Gasteiger partial charge in [0.25, 0.3) is 0 Å². The van der Waals surface area contributed by atoms with E-state index in [1.54, 1.807) is 17.1 Å². The second-order valence-electron chi connectivity index (χ2n) is 10.4. The maximum Gasteiger partial charge on any atom is 0.230 e. The van der Waals surface area contributed by atoms with E-state index in [-0.39, 0.29) is 17.1 Å². The molecule has 0 aliphatic heterocycles. The zero-order valence-corrected chi connectivity index (χ0v) is 21.2. The first-order valence-electron chi connectivity index (χ1n) is 12.3. The van der Waals surface area contributed by atoms with Crippen molar-refractivity contribution in [2.24, 2.45) is 7.05 Å². The first-order valence-corrected chi connectivity index (χ1v) is 12.3. The molecule has 36 heavy (non-hydrogen) atoms. The predicted molar refractivity (Wildman–Crippen MR) is 136 cm³/mol. The Morgan fingerprint density at radius 2 is 2.03 bits per heavy atom. The van der Waals surface area contributed by atoms with Crippen LogP contribution in [-0.2, 0) is 18.9 Å². The summed E-state index contributed by atoms with van der Waals surface area (Å²) in [5.41, 5.74) is 3.99. The van der Waals surface area contributed by atoms with E-state index in [0.717, 1.165) is 36.9 Å². The topological polar surface area (TPSA) is 112 Å². The van der Waals surface area contributed by atoms with E-state index in [4.69, 9.17) is 4.42 Å². The standard InChI is InChI=1S/C27H31N7O2/c1-27(2,3)25-28-14-23(36-25)22(35)12-18-8-6-5-7-17-11-19(9-10-21(17)18)24-29-16-30-26(33-24)32-20-13-31-34(4)15-20/h9-11,13-16,18H,5-8,12H2,1-4H3,(H,29,30,32,33)/t18-/m0/s1. The number of oxazole rings is 1. The van der Waals surface area contributed by atoms with Crippen LogP contribution in [0.5, 0.6) is 0 Å². The van der Waals surface area contributed by atoms with Crippen LogP contribution in [0.1, 0.15) is 79.9 Å². The number of rotatable bonds is 6. The third-order valence-corrected chi connectivity index (χ3v) is 6.48. The van der Waals surface area contributed by atoms with Crippen LogP contribution in [0.4, 0.5) is 11.6 Å². The van der Waals surface area contributed by atoms with Gasteiger partial charge in [0.15, 0.2) is 23.3 Å². The van der Waals surface area contributed by atoms with E-state index in [1.165, 1.54) is 17.5 Å². The number of ketones is 1. The fourth-order valence-electron chi connectivity index (χ4n) is 4.62. The molecule has 3 heterocycles. The van der Waals surface area contributed by atoms with Crippen LogP contribution in [0.2, 0.25) is 0 Å². The molecule has 0 bridgehead atoms. The molecule has 4 aromatic rings. The van der Waals surface area contributed by atoms with Crippen molar-refractivity contribution in [3.63, 3.8) is 0 Å². The van der Waals surface area contributed by atoms with Gasteiger partial charge in [-0.3, -0.25) is 9.48 Å². The number of aromatic nitrogens is 6. The zero-order valence-electron chi connectivity index (χ0n) is 21.2. The van der Waals surface area contributed by atoms with Crippen LogP contribution in [0.25, 0.3) is 11.4 Å². The summed E-state index contributed by atoms with van der Waals surface area (Å²) in [4.78, 5) is 30.7. The number of carbonyl (C=O) groups is 1. The number of Topliss-reactive ketones (excluding diaryl/α,β-unsaturated/α-hetero) is 1. The lowest BCUT2D eigenvalue weighted by Crippen LogP contribution is -2.11. The largest absolute Gasteiger partial charge is 0.437 e. The number of aryl methyl sites for hydroxylation is 2. The monoisotopic (exact) mass is 485 g/mol. The molecule has 5 rings (SSSR count). The van der Waals surface area contributed by atoms with Gasteiger partial charge >= 0.3 is 0 Å². The van der Waals surface area contributed by atoms with Gasteiger partial charge in [0.2, 0.25) is 5.95 Å². The smallest absolute Gasteiger partial charge is 0.230 e. The quantitative estimate of drug-likeness (QED) is 0.286. The number of hydrogen-bond donors (Lipinski definition) is 1. The van der Waals surface area contributed by atoms with E-state index >= 15 is 0 Å². The maximum absolute atomic E-state index is 13.1. The van der Waals surface area contributed by atoms with Crippen molar-refractivity contribution >= 4 is 17.4 Å². The average molecular weight is 486 g/mol. The summed E-state index contributed by atoms with van der Waals surface area (Å²) in [5, 5.41) is 7.32. The van der Waals surface area contributed by atoms with Gasteiger partial charge < -0.3 is 9.73 Å². The van der Waals surface area contributed by atoms with Gasteiger partial charge in [-0.05, 0) is 42.4 Å².